The number of rotatable bonds is 6. The van der Waals surface area contributed by atoms with Crippen molar-refractivity contribution in [2.75, 3.05) is 18.0 Å². The van der Waals surface area contributed by atoms with E-state index in [1.165, 1.54) is 23.9 Å². The minimum absolute atomic E-state index is 0.230. The highest BCUT2D eigenvalue weighted by Gasteiger charge is 2.36. The van der Waals surface area contributed by atoms with Gasteiger partial charge in [-0.3, -0.25) is 9.78 Å². The minimum Gasteiger partial charge on any atom is -0.365 e. The van der Waals surface area contributed by atoms with Crippen LogP contribution in [-0.4, -0.2) is 48.1 Å². The number of thioether (sulfide) groups is 1. The van der Waals surface area contributed by atoms with Crippen molar-refractivity contribution in [3.8, 4) is 22.6 Å². The van der Waals surface area contributed by atoms with E-state index in [0.717, 1.165) is 59.8 Å². The SMILES string of the molecule is CC1=C(C(N)=O)SC(c2ccncc2)N1c1cn2nc(-c3c(-c4ccc(F)cc4)ncn3C3CCNCC3)ccc2n1. The summed E-state index contributed by atoms with van der Waals surface area (Å²) in [6, 6.07) is 14.4. The number of carbonyl (C=O) groups is 1. The van der Waals surface area contributed by atoms with E-state index < -0.39 is 5.91 Å². The summed E-state index contributed by atoms with van der Waals surface area (Å²) in [7, 11) is 0. The standard InChI is InChI=1S/C30H28FN9OS/c1-18-28(29(32)41)42-30(20-8-12-33-13-9-20)40(18)25-16-39-24(36-25)7-6-23(37-39)27-26(19-2-4-21(31)5-3-19)35-17-38(27)22-10-14-34-15-11-22/h2-9,12-13,16-17,22,30,34H,10-11,14-15H2,1H3,(H2,32,41). The van der Waals surface area contributed by atoms with Crippen LogP contribution < -0.4 is 16.0 Å². The zero-order chi connectivity index (χ0) is 28.8. The second-order valence-electron chi connectivity index (χ2n) is 10.4. The van der Waals surface area contributed by atoms with Gasteiger partial charge < -0.3 is 20.5 Å². The Morgan fingerprint density at radius 3 is 2.57 bits per heavy atom. The lowest BCUT2D eigenvalue weighted by Gasteiger charge is -2.25. The molecule has 1 fully saturated rings. The molecule has 1 amide bonds. The first-order chi connectivity index (χ1) is 20.5. The van der Waals surface area contributed by atoms with Crippen LogP contribution in [-0.2, 0) is 4.79 Å². The Morgan fingerprint density at radius 2 is 1.83 bits per heavy atom. The number of amides is 1. The van der Waals surface area contributed by atoms with Crippen LogP contribution in [0.15, 0.2) is 84.1 Å². The summed E-state index contributed by atoms with van der Waals surface area (Å²) >= 11 is 1.40. The fourth-order valence-corrected chi connectivity index (χ4v) is 6.99. The summed E-state index contributed by atoms with van der Waals surface area (Å²) in [5, 5.41) is 8.19. The molecule has 1 aromatic carbocycles. The number of hydrogen-bond acceptors (Lipinski definition) is 8. The van der Waals surface area contributed by atoms with Crippen molar-refractivity contribution in [2.45, 2.75) is 31.2 Å². The third kappa shape index (κ3) is 4.62. The molecule has 10 nitrogen and oxygen atoms in total. The fraction of sp³-hybridized carbons (Fsp3) is 0.233. The second-order valence-corrected chi connectivity index (χ2v) is 11.4. The highest BCUT2D eigenvalue weighted by molar-refractivity contribution is 8.04. The van der Waals surface area contributed by atoms with Crippen molar-refractivity contribution in [1.82, 2.24) is 34.4 Å². The first-order valence-corrected chi connectivity index (χ1v) is 14.6. The molecule has 0 radical (unpaired) electrons. The van der Waals surface area contributed by atoms with Gasteiger partial charge in [-0.05, 0) is 86.9 Å². The number of benzene rings is 1. The van der Waals surface area contributed by atoms with Gasteiger partial charge in [0.05, 0.1) is 28.8 Å². The number of anilines is 1. The molecule has 0 aliphatic carbocycles. The van der Waals surface area contributed by atoms with Gasteiger partial charge >= 0.3 is 0 Å². The molecular weight excluding hydrogens is 553 g/mol. The van der Waals surface area contributed by atoms with E-state index in [4.69, 9.17) is 20.8 Å². The Morgan fingerprint density at radius 1 is 1.07 bits per heavy atom. The number of piperidine rings is 1. The van der Waals surface area contributed by atoms with Gasteiger partial charge in [0.2, 0.25) is 0 Å². The van der Waals surface area contributed by atoms with Crippen LogP contribution in [0.5, 0.6) is 0 Å². The Balaban J connectivity index is 1.33. The summed E-state index contributed by atoms with van der Waals surface area (Å²) in [5.74, 6) is -0.117. The number of fused-ring (bicyclic) bond motifs is 1. The van der Waals surface area contributed by atoms with Gasteiger partial charge in [0.15, 0.2) is 11.5 Å². The Labute approximate surface area is 245 Å². The highest BCUT2D eigenvalue weighted by Crippen LogP contribution is 2.49. The van der Waals surface area contributed by atoms with Crippen molar-refractivity contribution in [3.05, 3.63) is 95.4 Å². The molecule has 5 aromatic rings. The van der Waals surface area contributed by atoms with Crippen LogP contribution >= 0.6 is 11.8 Å². The number of nitrogens with two attached hydrogens (primary N) is 1. The smallest absolute Gasteiger partial charge is 0.256 e. The van der Waals surface area contributed by atoms with Gasteiger partial charge in [-0.15, -0.1) is 0 Å². The molecule has 0 bridgehead atoms. The highest BCUT2D eigenvalue weighted by atomic mass is 32.2. The van der Waals surface area contributed by atoms with Gasteiger partial charge in [-0.2, -0.15) is 5.10 Å². The second kappa shape index (κ2) is 10.7. The summed E-state index contributed by atoms with van der Waals surface area (Å²) in [6.45, 7) is 3.74. The van der Waals surface area contributed by atoms with Crippen molar-refractivity contribution in [1.29, 1.82) is 0 Å². The maximum absolute atomic E-state index is 13.8. The molecule has 2 aliphatic heterocycles. The average Bonchev–Trinajstić information content (AvgIpc) is 3.73. The maximum atomic E-state index is 13.8. The van der Waals surface area contributed by atoms with Gasteiger partial charge in [-0.25, -0.2) is 18.9 Å². The molecule has 7 rings (SSSR count). The molecule has 4 aromatic heterocycles. The van der Waals surface area contributed by atoms with Gasteiger partial charge in [0.25, 0.3) is 5.91 Å². The fourth-order valence-electron chi connectivity index (χ4n) is 5.72. The van der Waals surface area contributed by atoms with E-state index >= 15 is 0 Å². The number of primary amides is 1. The quantitative estimate of drug-likeness (QED) is 0.297. The molecule has 12 heteroatoms. The molecule has 6 heterocycles. The number of carbonyl (C=O) groups excluding carboxylic acids is 1. The van der Waals surface area contributed by atoms with Gasteiger partial charge in [-0.1, -0.05) is 11.8 Å². The predicted molar refractivity (Wildman–Crippen MR) is 160 cm³/mol. The van der Waals surface area contributed by atoms with Crippen molar-refractivity contribution >= 4 is 29.1 Å². The normalized spacial score (nSPS) is 17.9. The number of nitrogens with one attached hydrogen (secondary N) is 1. The predicted octanol–water partition coefficient (Wildman–Crippen LogP) is 4.69. The summed E-state index contributed by atoms with van der Waals surface area (Å²) in [6.07, 6.45) is 9.14. The van der Waals surface area contributed by atoms with E-state index in [1.807, 2.05) is 48.6 Å². The average molecular weight is 582 g/mol. The Bertz CT molecular complexity index is 1810. The lowest BCUT2D eigenvalue weighted by Crippen LogP contribution is -2.29. The molecular formula is C30H28FN9OS. The largest absolute Gasteiger partial charge is 0.365 e. The number of imidazole rings is 2. The number of halogens is 1. The minimum atomic E-state index is -0.470. The van der Waals surface area contributed by atoms with Crippen LogP contribution in [0.25, 0.3) is 28.3 Å². The lowest BCUT2D eigenvalue weighted by atomic mass is 10.0. The van der Waals surface area contributed by atoms with Crippen LogP contribution in [0.1, 0.15) is 36.7 Å². The Kier molecular flexibility index (Phi) is 6.71. The third-order valence-electron chi connectivity index (χ3n) is 7.78. The molecule has 2 aliphatic rings. The van der Waals surface area contributed by atoms with E-state index in [2.05, 4.69) is 14.9 Å². The van der Waals surface area contributed by atoms with E-state index in [-0.39, 0.29) is 17.2 Å². The van der Waals surface area contributed by atoms with Crippen molar-refractivity contribution in [2.24, 2.45) is 5.73 Å². The van der Waals surface area contributed by atoms with Gasteiger partial charge in [0, 0.05) is 29.7 Å². The topological polar surface area (TPSA) is 119 Å². The maximum Gasteiger partial charge on any atom is 0.256 e. The summed E-state index contributed by atoms with van der Waals surface area (Å²) in [5.41, 5.74) is 11.3. The monoisotopic (exact) mass is 581 g/mol. The molecule has 212 valence electrons. The van der Waals surface area contributed by atoms with Crippen LogP contribution in [0, 0.1) is 5.82 Å². The number of allylic oxidation sites excluding steroid dienone is 1. The molecule has 0 spiro atoms. The summed E-state index contributed by atoms with van der Waals surface area (Å²) < 4.78 is 17.7. The zero-order valence-corrected chi connectivity index (χ0v) is 23.6. The van der Waals surface area contributed by atoms with Crippen molar-refractivity contribution < 1.29 is 9.18 Å². The van der Waals surface area contributed by atoms with Gasteiger partial charge in [0.1, 0.15) is 16.9 Å². The van der Waals surface area contributed by atoms with E-state index in [9.17, 15) is 9.18 Å². The first kappa shape index (κ1) is 26.4. The third-order valence-corrected chi connectivity index (χ3v) is 9.22. The number of pyridine rings is 1. The molecule has 0 saturated carbocycles. The van der Waals surface area contributed by atoms with Crippen LogP contribution in [0.2, 0.25) is 0 Å². The lowest BCUT2D eigenvalue weighted by molar-refractivity contribution is -0.113. The number of nitrogens with zero attached hydrogens (tertiary/aromatic N) is 7. The molecule has 1 atom stereocenters. The molecule has 42 heavy (non-hydrogen) atoms. The van der Waals surface area contributed by atoms with E-state index in [1.54, 1.807) is 29.0 Å². The molecule has 3 N–H and O–H groups in total. The van der Waals surface area contributed by atoms with E-state index in [0.29, 0.717) is 16.4 Å². The molecule has 1 saturated heterocycles. The molecule has 1 unspecified atom stereocenters. The zero-order valence-electron chi connectivity index (χ0n) is 22.8. The number of aromatic nitrogens is 6. The summed E-state index contributed by atoms with van der Waals surface area (Å²) in [4.78, 5) is 28.6. The van der Waals surface area contributed by atoms with Crippen molar-refractivity contribution in [3.63, 3.8) is 0 Å². The Hall–Kier alpha value is -4.55. The number of hydrogen-bond donors (Lipinski definition) is 2. The first-order valence-electron chi connectivity index (χ1n) is 13.7. The van der Waals surface area contributed by atoms with Crippen LogP contribution in [0.3, 0.4) is 0 Å². The van der Waals surface area contributed by atoms with Crippen LogP contribution in [0.4, 0.5) is 10.2 Å².